The lowest BCUT2D eigenvalue weighted by Crippen LogP contribution is -2.17. The fraction of sp³-hybridized carbons (Fsp3) is 0.200. The number of rotatable bonds is 5. The fourth-order valence-electron chi connectivity index (χ4n) is 1.90. The molecule has 4 nitrogen and oxygen atoms in total. The second-order valence-corrected chi connectivity index (χ2v) is 4.33. The molecule has 1 aromatic carbocycles. The van der Waals surface area contributed by atoms with Gasteiger partial charge < -0.3 is 10.4 Å². The summed E-state index contributed by atoms with van der Waals surface area (Å²) in [6.07, 6.45) is 1.61. The number of carboxylic acid groups (broad SMARTS) is 1. The van der Waals surface area contributed by atoms with Gasteiger partial charge in [0, 0.05) is 19.3 Å². The predicted octanol–water partition coefficient (Wildman–Crippen LogP) is 2.38. The Balaban J connectivity index is 2.00. The van der Waals surface area contributed by atoms with Crippen LogP contribution in [0.5, 0.6) is 0 Å². The molecule has 0 aliphatic heterocycles. The number of benzene rings is 1. The van der Waals surface area contributed by atoms with E-state index in [1.807, 2.05) is 12.1 Å². The van der Waals surface area contributed by atoms with Crippen molar-refractivity contribution in [3.05, 3.63) is 65.0 Å². The number of aromatic nitrogens is 1. The standard InChI is InChI=1S/C15H16N2O2/c1-11-5-2-3-6-12(11)9-16-10-14-13(15(18)19)7-4-8-17-14/h2-8,16H,9-10H2,1H3,(H,18,19). The van der Waals surface area contributed by atoms with Crippen LogP contribution in [0.2, 0.25) is 0 Å². The van der Waals surface area contributed by atoms with Gasteiger partial charge in [0.2, 0.25) is 0 Å². The summed E-state index contributed by atoms with van der Waals surface area (Å²) in [5.74, 6) is -0.944. The van der Waals surface area contributed by atoms with E-state index >= 15 is 0 Å². The Kier molecular flexibility index (Phi) is 4.26. The average molecular weight is 256 g/mol. The van der Waals surface area contributed by atoms with Gasteiger partial charge in [0.15, 0.2) is 0 Å². The zero-order valence-electron chi connectivity index (χ0n) is 10.8. The molecule has 0 bridgehead atoms. The number of carbonyl (C=O) groups is 1. The van der Waals surface area contributed by atoms with Gasteiger partial charge in [-0.1, -0.05) is 24.3 Å². The highest BCUT2D eigenvalue weighted by molar-refractivity contribution is 5.88. The summed E-state index contributed by atoms with van der Waals surface area (Å²) in [5.41, 5.74) is 3.23. The van der Waals surface area contributed by atoms with E-state index in [9.17, 15) is 4.79 Å². The first kappa shape index (κ1) is 13.2. The first-order valence-corrected chi connectivity index (χ1v) is 6.11. The quantitative estimate of drug-likeness (QED) is 0.862. The second-order valence-electron chi connectivity index (χ2n) is 4.33. The van der Waals surface area contributed by atoms with E-state index < -0.39 is 5.97 Å². The summed E-state index contributed by atoms with van der Waals surface area (Å²) in [4.78, 5) is 15.2. The number of hydrogen-bond acceptors (Lipinski definition) is 3. The normalized spacial score (nSPS) is 10.4. The van der Waals surface area contributed by atoms with E-state index in [0.717, 1.165) is 0 Å². The Morgan fingerprint density at radius 2 is 2.00 bits per heavy atom. The van der Waals surface area contributed by atoms with Crippen LogP contribution >= 0.6 is 0 Å². The number of nitrogens with zero attached hydrogens (tertiary/aromatic N) is 1. The maximum Gasteiger partial charge on any atom is 0.337 e. The van der Waals surface area contributed by atoms with Crippen LogP contribution in [0.25, 0.3) is 0 Å². The molecule has 2 aromatic rings. The van der Waals surface area contributed by atoms with Gasteiger partial charge in [0.05, 0.1) is 11.3 Å². The van der Waals surface area contributed by atoms with Crippen LogP contribution in [-0.2, 0) is 13.1 Å². The van der Waals surface area contributed by atoms with Gasteiger partial charge in [-0.05, 0) is 30.2 Å². The Morgan fingerprint density at radius 3 is 2.74 bits per heavy atom. The third kappa shape index (κ3) is 3.39. The smallest absolute Gasteiger partial charge is 0.337 e. The van der Waals surface area contributed by atoms with Gasteiger partial charge in [0.1, 0.15) is 0 Å². The van der Waals surface area contributed by atoms with Crippen LogP contribution < -0.4 is 5.32 Å². The van der Waals surface area contributed by atoms with Crippen LogP contribution in [0.15, 0.2) is 42.6 Å². The number of hydrogen-bond donors (Lipinski definition) is 2. The van der Waals surface area contributed by atoms with E-state index in [1.54, 1.807) is 18.3 Å². The number of aryl methyl sites for hydroxylation is 1. The molecule has 0 unspecified atom stereocenters. The molecule has 2 rings (SSSR count). The summed E-state index contributed by atoms with van der Waals surface area (Å²) < 4.78 is 0. The Bertz CT molecular complexity index is 582. The molecule has 0 saturated heterocycles. The fourth-order valence-corrected chi connectivity index (χ4v) is 1.90. The number of carboxylic acids is 1. The molecule has 0 atom stereocenters. The van der Waals surface area contributed by atoms with E-state index in [-0.39, 0.29) is 5.56 Å². The molecule has 0 saturated carbocycles. The van der Waals surface area contributed by atoms with Crippen molar-refractivity contribution >= 4 is 5.97 Å². The molecule has 4 heteroatoms. The van der Waals surface area contributed by atoms with Gasteiger partial charge in [-0.2, -0.15) is 0 Å². The van der Waals surface area contributed by atoms with Gasteiger partial charge in [-0.3, -0.25) is 4.98 Å². The predicted molar refractivity (Wildman–Crippen MR) is 72.9 cm³/mol. The van der Waals surface area contributed by atoms with Crippen molar-refractivity contribution in [1.82, 2.24) is 10.3 Å². The van der Waals surface area contributed by atoms with E-state index in [4.69, 9.17) is 5.11 Å². The van der Waals surface area contributed by atoms with Crippen molar-refractivity contribution < 1.29 is 9.90 Å². The molecule has 98 valence electrons. The van der Waals surface area contributed by atoms with Crippen molar-refractivity contribution in [2.45, 2.75) is 20.0 Å². The van der Waals surface area contributed by atoms with E-state index in [0.29, 0.717) is 18.8 Å². The third-order valence-electron chi connectivity index (χ3n) is 2.99. The van der Waals surface area contributed by atoms with Crippen LogP contribution in [0, 0.1) is 6.92 Å². The summed E-state index contributed by atoms with van der Waals surface area (Å²) >= 11 is 0. The SMILES string of the molecule is Cc1ccccc1CNCc1ncccc1C(=O)O. The largest absolute Gasteiger partial charge is 0.478 e. The van der Waals surface area contributed by atoms with E-state index in [2.05, 4.69) is 29.4 Å². The zero-order valence-corrected chi connectivity index (χ0v) is 10.8. The maximum absolute atomic E-state index is 11.0. The van der Waals surface area contributed by atoms with Gasteiger partial charge >= 0.3 is 5.97 Å². The van der Waals surface area contributed by atoms with Gasteiger partial charge in [-0.25, -0.2) is 4.79 Å². The molecule has 0 radical (unpaired) electrons. The molecule has 1 heterocycles. The molecular weight excluding hydrogens is 240 g/mol. The van der Waals surface area contributed by atoms with Gasteiger partial charge in [-0.15, -0.1) is 0 Å². The minimum atomic E-state index is -0.944. The first-order chi connectivity index (χ1) is 9.18. The summed E-state index contributed by atoms with van der Waals surface area (Å²) in [6.45, 7) is 3.19. The zero-order chi connectivity index (χ0) is 13.7. The molecule has 0 aliphatic carbocycles. The summed E-state index contributed by atoms with van der Waals surface area (Å²) in [6, 6.07) is 11.3. The molecule has 0 amide bonds. The summed E-state index contributed by atoms with van der Waals surface area (Å²) in [7, 11) is 0. The lowest BCUT2D eigenvalue weighted by Gasteiger charge is -2.08. The topological polar surface area (TPSA) is 62.2 Å². The monoisotopic (exact) mass is 256 g/mol. The van der Waals surface area contributed by atoms with E-state index in [1.165, 1.54) is 11.1 Å². The molecule has 0 spiro atoms. The average Bonchev–Trinajstić information content (AvgIpc) is 2.41. The minimum Gasteiger partial charge on any atom is -0.478 e. The maximum atomic E-state index is 11.0. The second kappa shape index (κ2) is 6.11. The van der Waals surface area contributed by atoms with Crippen LogP contribution in [-0.4, -0.2) is 16.1 Å². The number of aromatic carboxylic acids is 1. The van der Waals surface area contributed by atoms with Gasteiger partial charge in [0.25, 0.3) is 0 Å². The van der Waals surface area contributed by atoms with Crippen LogP contribution in [0.1, 0.15) is 27.2 Å². The highest BCUT2D eigenvalue weighted by atomic mass is 16.4. The Morgan fingerprint density at radius 1 is 1.21 bits per heavy atom. The van der Waals surface area contributed by atoms with Crippen LogP contribution in [0.3, 0.4) is 0 Å². The molecular formula is C15H16N2O2. The highest BCUT2D eigenvalue weighted by Crippen LogP contribution is 2.08. The molecule has 1 aromatic heterocycles. The highest BCUT2D eigenvalue weighted by Gasteiger charge is 2.09. The molecule has 2 N–H and O–H groups in total. The first-order valence-electron chi connectivity index (χ1n) is 6.11. The molecule has 0 aliphatic rings. The van der Waals surface area contributed by atoms with Crippen molar-refractivity contribution in [3.8, 4) is 0 Å². The molecule has 19 heavy (non-hydrogen) atoms. The van der Waals surface area contributed by atoms with Crippen molar-refractivity contribution in [2.75, 3.05) is 0 Å². The lowest BCUT2D eigenvalue weighted by molar-refractivity contribution is 0.0695. The Hall–Kier alpha value is -2.20. The number of nitrogens with one attached hydrogen (secondary N) is 1. The van der Waals surface area contributed by atoms with Crippen LogP contribution in [0.4, 0.5) is 0 Å². The van der Waals surface area contributed by atoms with Crippen molar-refractivity contribution in [3.63, 3.8) is 0 Å². The van der Waals surface area contributed by atoms with Crippen molar-refractivity contribution in [2.24, 2.45) is 0 Å². The third-order valence-corrected chi connectivity index (χ3v) is 2.99. The Labute approximate surface area is 112 Å². The van der Waals surface area contributed by atoms with Crippen molar-refractivity contribution in [1.29, 1.82) is 0 Å². The minimum absolute atomic E-state index is 0.250. The molecule has 0 fully saturated rings. The lowest BCUT2D eigenvalue weighted by atomic mass is 10.1. The number of pyridine rings is 1. The summed E-state index contributed by atoms with van der Waals surface area (Å²) in [5, 5.41) is 12.3.